The summed E-state index contributed by atoms with van der Waals surface area (Å²) in [5.74, 6) is 1.73. The molecule has 1 aromatic heterocycles. The van der Waals surface area contributed by atoms with Crippen LogP contribution in [0.1, 0.15) is 30.0 Å². The minimum atomic E-state index is -0.523. The molecular weight excluding hydrogens is 240 g/mol. The Morgan fingerprint density at radius 2 is 2.16 bits per heavy atom. The SMILES string of the molecule is Cc1ccc(C(C)O)c(OCCn2ccnc2C)c1. The maximum atomic E-state index is 9.73. The molecule has 1 atom stereocenters. The van der Waals surface area contributed by atoms with Crippen molar-refractivity contribution in [3.05, 3.63) is 47.5 Å². The van der Waals surface area contributed by atoms with Crippen LogP contribution in [0.2, 0.25) is 0 Å². The van der Waals surface area contributed by atoms with Crippen LogP contribution in [-0.2, 0) is 6.54 Å². The summed E-state index contributed by atoms with van der Waals surface area (Å²) in [5, 5.41) is 9.73. The Balaban J connectivity index is 2.03. The predicted molar refractivity (Wildman–Crippen MR) is 74.3 cm³/mol. The Morgan fingerprint density at radius 1 is 1.37 bits per heavy atom. The van der Waals surface area contributed by atoms with Crippen LogP contribution in [0, 0.1) is 13.8 Å². The second-order valence-electron chi connectivity index (χ2n) is 4.73. The second-order valence-corrected chi connectivity index (χ2v) is 4.73. The molecule has 19 heavy (non-hydrogen) atoms. The summed E-state index contributed by atoms with van der Waals surface area (Å²) in [5.41, 5.74) is 1.95. The normalized spacial score (nSPS) is 12.4. The van der Waals surface area contributed by atoms with Crippen molar-refractivity contribution in [3.8, 4) is 5.75 Å². The van der Waals surface area contributed by atoms with Gasteiger partial charge in [-0.3, -0.25) is 0 Å². The highest BCUT2D eigenvalue weighted by molar-refractivity contribution is 5.38. The fourth-order valence-corrected chi connectivity index (χ4v) is 2.01. The molecule has 0 aliphatic carbocycles. The van der Waals surface area contributed by atoms with E-state index in [0.29, 0.717) is 6.61 Å². The van der Waals surface area contributed by atoms with Crippen molar-refractivity contribution in [2.45, 2.75) is 33.4 Å². The maximum absolute atomic E-state index is 9.73. The van der Waals surface area contributed by atoms with Gasteiger partial charge in [0.05, 0.1) is 12.6 Å². The Bertz CT molecular complexity index is 547. The molecular formula is C15H20N2O2. The zero-order valence-electron chi connectivity index (χ0n) is 11.6. The standard InChI is InChI=1S/C15H20N2O2/c1-11-4-5-14(12(2)18)15(10-11)19-9-8-17-7-6-16-13(17)3/h4-7,10,12,18H,8-9H2,1-3H3. The molecule has 1 aromatic carbocycles. The van der Waals surface area contributed by atoms with Gasteiger partial charge in [0, 0.05) is 18.0 Å². The lowest BCUT2D eigenvalue weighted by Gasteiger charge is -2.14. The lowest BCUT2D eigenvalue weighted by atomic mass is 10.1. The number of aromatic nitrogens is 2. The van der Waals surface area contributed by atoms with Gasteiger partial charge in [0.2, 0.25) is 0 Å². The molecule has 0 radical (unpaired) electrons. The summed E-state index contributed by atoms with van der Waals surface area (Å²) in [6, 6.07) is 5.86. The molecule has 0 saturated heterocycles. The van der Waals surface area contributed by atoms with Gasteiger partial charge in [-0.2, -0.15) is 0 Å². The predicted octanol–water partition coefficient (Wildman–Crippen LogP) is 2.63. The van der Waals surface area contributed by atoms with Gasteiger partial charge < -0.3 is 14.4 Å². The van der Waals surface area contributed by atoms with E-state index in [1.54, 1.807) is 13.1 Å². The molecule has 2 aromatic rings. The van der Waals surface area contributed by atoms with Crippen molar-refractivity contribution >= 4 is 0 Å². The molecule has 0 saturated carbocycles. The molecule has 1 unspecified atom stereocenters. The first-order chi connectivity index (χ1) is 9.08. The van der Waals surface area contributed by atoms with Gasteiger partial charge >= 0.3 is 0 Å². The molecule has 0 bridgehead atoms. The first-order valence-corrected chi connectivity index (χ1v) is 6.47. The number of aliphatic hydroxyl groups excluding tert-OH is 1. The first-order valence-electron chi connectivity index (χ1n) is 6.47. The summed E-state index contributed by atoms with van der Waals surface area (Å²) in [4.78, 5) is 4.17. The average Bonchev–Trinajstić information content (AvgIpc) is 2.75. The van der Waals surface area contributed by atoms with E-state index in [-0.39, 0.29) is 0 Å². The average molecular weight is 260 g/mol. The summed E-state index contributed by atoms with van der Waals surface area (Å²) < 4.78 is 7.84. The molecule has 0 aliphatic rings. The van der Waals surface area contributed by atoms with Gasteiger partial charge in [-0.15, -0.1) is 0 Å². The second kappa shape index (κ2) is 5.89. The lowest BCUT2D eigenvalue weighted by Crippen LogP contribution is -2.10. The summed E-state index contributed by atoms with van der Waals surface area (Å²) >= 11 is 0. The highest BCUT2D eigenvalue weighted by Crippen LogP contribution is 2.26. The topological polar surface area (TPSA) is 47.3 Å². The van der Waals surface area contributed by atoms with Gasteiger partial charge in [0.1, 0.15) is 18.2 Å². The van der Waals surface area contributed by atoms with E-state index in [2.05, 4.69) is 4.98 Å². The van der Waals surface area contributed by atoms with Crippen LogP contribution in [0.25, 0.3) is 0 Å². The van der Waals surface area contributed by atoms with E-state index in [0.717, 1.165) is 29.2 Å². The van der Waals surface area contributed by atoms with Crippen molar-refractivity contribution in [3.63, 3.8) is 0 Å². The van der Waals surface area contributed by atoms with Gasteiger partial charge in [-0.25, -0.2) is 4.98 Å². The Kier molecular flexibility index (Phi) is 4.22. The maximum Gasteiger partial charge on any atom is 0.125 e. The van der Waals surface area contributed by atoms with E-state index >= 15 is 0 Å². The highest BCUT2D eigenvalue weighted by atomic mass is 16.5. The van der Waals surface area contributed by atoms with Crippen molar-refractivity contribution < 1.29 is 9.84 Å². The van der Waals surface area contributed by atoms with Crippen molar-refractivity contribution in [2.24, 2.45) is 0 Å². The van der Waals surface area contributed by atoms with Crippen molar-refractivity contribution in [1.82, 2.24) is 9.55 Å². The van der Waals surface area contributed by atoms with Crippen LogP contribution in [0.15, 0.2) is 30.6 Å². The largest absolute Gasteiger partial charge is 0.491 e. The summed E-state index contributed by atoms with van der Waals surface area (Å²) in [6.45, 7) is 7.03. The van der Waals surface area contributed by atoms with Gasteiger partial charge in [-0.05, 0) is 32.4 Å². The van der Waals surface area contributed by atoms with Crippen LogP contribution in [0.5, 0.6) is 5.75 Å². The molecule has 4 nitrogen and oxygen atoms in total. The molecule has 1 N–H and O–H groups in total. The first kappa shape index (κ1) is 13.6. The van der Waals surface area contributed by atoms with E-state index in [4.69, 9.17) is 4.74 Å². The number of benzene rings is 1. The Morgan fingerprint density at radius 3 is 2.79 bits per heavy atom. The zero-order chi connectivity index (χ0) is 13.8. The smallest absolute Gasteiger partial charge is 0.125 e. The molecule has 102 valence electrons. The molecule has 0 amide bonds. The number of nitrogens with zero attached hydrogens (tertiary/aromatic N) is 2. The van der Waals surface area contributed by atoms with Gasteiger partial charge in [0.15, 0.2) is 0 Å². The van der Waals surface area contributed by atoms with Crippen LogP contribution in [0.3, 0.4) is 0 Å². The summed E-state index contributed by atoms with van der Waals surface area (Å²) in [6.07, 6.45) is 3.19. The Hall–Kier alpha value is -1.81. The number of imidazole rings is 1. The molecule has 2 rings (SSSR count). The molecule has 4 heteroatoms. The molecule has 0 aliphatic heterocycles. The molecule has 1 heterocycles. The van der Waals surface area contributed by atoms with Crippen molar-refractivity contribution in [1.29, 1.82) is 0 Å². The highest BCUT2D eigenvalue weighted by Gasteiger charge is 2.09. The summed E-state index contributed by atoms with van der Waals surface area (Å²) in [7, 11) is 0. The fraction of sp³-hybridized carbons (Fsp3) is 0.400. The van der Waals surface area contributed by atoms with Gasteiger partial charge in [0.25, 0.3) is 0 Å². The monoisotopic (exact) mass is 260 g/mol. The number of hydrogen-bond donors (Lipinski definition) is 1. The van der Waals surface area contributed by atoms with Gasteiger partial charge in [-0.1, -0.05) is 12.1 Å². The number of aliphatic hydroxyl groups is 1. The third-order valence-corrected chi connectivity index (χ3v) is 3.13. The van der Waals surface area contributed by atoms with Crippen LogP contribution < -0.4 is 4.74 Å². The number of aryl methyl sites for hydroxylation is 2. The number of ether oxygens (including phenoxy) is 1. The van der Waals surface area contributed by atoms with E-state index < -0.39 is 6.10 Å². The minimum absolute atomic E-state index is 0.523. The van der Waals surface area contributed by atoms with Crippen LogP contribution >= 0.6 is 0 Å². The van der Waals surface area contributed by atoms with Crippen LogP contribution in [0.4, 0.5) is 0 Å². The number of hydrogen-bond acceptors (Lipinski definition) is 3. The Labute approximate surface area is 113 Å². The zero-order valence-corrected chi connectivity index (χ0v) is 11.6. The molecule has 0 spiro atoms. The fourth-order valence-electron chi connectivity index (χ4n) is 2.01. The van der Waals surface area contributed by atoms with E-state index in [1.165, 1.54) is 0 Å². The lowest BCUT2D eigenvalue weighted by molar-refractivity contribution is 0.190. The number of rotatable bonds is 5. The van der Waals surface area contributed by atoms with E-state index in [1.807, 2.05) is 42.8 Å². The van der Waals surface area contributed by atoms with Crippen molar-refractivity contribution in [2.75, 3.05) is 6.61 Å². The third-order valence-electron chi connectivity index (χ3n) is 3.13. The quantitative estimate of drug-likeness (QED) is 0.899. The van der Waals surface area contributed by atoms with Crippen LogP contribution in [-0.4, -0.2) is 21.3 Å². The van der Waals surface area contributed by atoms with E-state index in [9.17, 15) is 5.11 Å². The minimum Gasteiger partial charge on any atom is -0.491 e. The third kappa shape index (κ3) is 3.35. The molecule has 0 fully saturated rings.